The molecule has 0 amide bonds. The third kappa shape index (κ3) is 104. The summed E-state index contributed by atoms with van der Waals surface area (Å²) in [6.45, 7) is 0. The van der Waals surface area contributed by atoms with Gasteiger partial charge in [-0.15, -0.1) is 12.4 Å². The third-order valence-electron chi connectivity index (χ3n) is 0. The second kappa shape index (κ2) is 15.7. The van der Waals surface area contributed by atoms with Gasteiger partial charge in [0.1, 0.15) is 6.29 Å². The van der Waals surface area contributed by atoms with Crippen molar-refractivity contribution < 1.29 is 42.0 Å². The average molecular weight is 156 g/mol. The minimum Gasteiger partial charge on any atom is -1.00 e. The van der Waals surface area contributed by atoms with Crippen molar-refractivity contribution >= 4 is 12.4 Å². The molecule has 0 radical (unpaired) electrons. The monoisotopic (exact) mass is 155 g/mol. The molecule has 0 aliphatic heterocycles. The van der Waals surface area contributed by atoms with E-state index in [4.69, 9.17) is 0 Å². The van der Waals surface area contributed by atoms with Crippen LogP contribution in [-0.4, -0.2) is 6.29 Å². The Hall–Kier alpha value is 1.46. The van der Waals surface area contributed by atoms with Crippen molar-refractivity contribution in [1.29, 1.82) is 0 Å². The minimum absolute atomic E-state index is 0. The van der Waals surface area contributed by atoms with Gasteiger partial charge in [0.05, 0.1) is 0 Å². The Bertz CT molecular complexity index is 17.7. The predicted octanol–water partition coefficient (Wildman–Crippen LogP) is -7.42. The summed E-state index contributed by atoms with van der Waals surface area (Å²) in [5.74, 6) is 0. The van der Waals surface area contributed by atoms with Crippen molar-refractivity contribution in [3.05, 3.63) is 0 Å². The molecule has 0 spiro atoms. The van der Waals surface area contributed by atoms with E-state index in [-0.39, 0.29) is 54.4 Å². The molecular weight excluding hydrogens is 148 g/mol. The fraction of sp³-hybridized carbons (Fsp3) is 1.00. The van der Waals surface area contributed by atoms with Gasteiger partial charge in [0, 0.05) is 0 Å². The van der Waals surface area contributed by atoms with E-state index >= 15 is 0 Å². The number of nitrogens with two attached hydrogens (primary N) is 3. The topological polar surface area (TPSA) is 78.1 Å². The first kappa shape index (κ1) is 23.7. The van der Waals surface area contributed by atoms with Gasteiger partial charge in [0.2, 0.25) is 0 Å². The molecule has 0 fully saturated rings. The van der Waals surface area contributed by atoms with Crippen LogP contribution >= 0.6 is 12.4 Å². The summed E-state index contributed by atoms with van der Waals surface area (Å²) >= 11 is 0. The Kier molecular flexibility index (Phi) is 52.9. The molecule has 7 heavy (non-hydrogen) atoms. The summed E-state index contributed by atoms with van der Waals surface area (Å²) in [4.78, 5) is 0. The van der Waals surface area contributed by atoms with Crippen LogP contribution in [0.3, 0.4) is 0 Å². The van der Waals surface area contributed by atoms with E-state index in [0.717, 1.165) is 0 Å². The van der Waals surface area contributed by atoms with Crippen molar-refractivity contribution in [1.82, 2.24) is 0 Å². The zero-order chi connectivity index (χ0) is 3.58. The van der Waals surface area contributed by atoms with Gasteiger partial charge in [-0.05, 0) is 0 Å². The Morgan fingerprint density at radius 3 is 1.00 bits per heavy atom. The van der Waals surface area contributed by atoms with E-state index in [0.29, 0.717) is 0 Å². The van der Waals surface area contributed by atoms with Gasteiger partial charge in [-0.3, -0.25) is 0 Å². The first-order valence-electron chi connectivity index (χ1n) is 1.00. The molecule has 0 rings (SSSR count). The quantitative estimate of drug-likeness (QED) is 0.241. The number of halogens is 2. The summed E-state index contributed by atoms with van der Waals surface area (Å²) in [5, 5.41) is 0. The van der Waals surface area contributed by atoms with Crippen LogP contribution in [0.1, 0.15) is 0 Å². The third-order valence-corrected chi connectivity index (χ3v) is 0. The maximum Gasteiger partial charge on any atom is 1.00 e. The van der Waals surface area contributed by atoms with Crippen molar-refractivity contribution in [2.75, 3.05) is 0 Å². The van der Waals surface area contributed by atoms with Gasteiger partial charge in [-0.1, -0.05) is 0 Å². The number of hydrogen-bond acceptors (Lipinski definition) is 3. The van der Waals surface area contributed by atoms with Crippen LogP contribution in [0.5, 0.6) is 0 Å². The van der Waals surface area contributed by atoms with E-state index in [1.165, 1.54) is 0 Å². The molecule has 0 aromatic carbocycles. The Morgan fingerprint density at radius 2 is 1.00 bits per heavy atom. The van der Waals surface area contributed by atoms with Crippen LogP contribution in [0.2, 0.25) is 0 Å². The van der Waals surface area contributed by atoms with Crippen molar-refractivity contribution in [2.24, 2.45) is 17.2 Å². The predicted molar refractivity (Wildman–Crippen MR) is 23.6 cm³/mol. The molecular formula is CH8Cl2N3Na. The molecule has 0 saturated heterocycles. The Labute approximate surface area is 77.5 Å². The molecule has 0 aromatic heterocycles. The summed E-state index contributed by atoms with van der Waals surface area (Å²) in [7, 11) is 0. The van der Waals surface area contributed by atoms with Crippen molar-refractivity contribution in [3.63, 3.8) is 0 Å². The van der Waals surface area contributed by atoms with E-state index in [9.17, 15) is 0 Å². The maximum atomic E-state index is 4.67. The maximum absolute atomic E-state index is 4.67. The van der Waals surface area contributed by atoms with Gasteiger partial charge in [0.15, 0.2) is 0 Å². The van der Waals surface area contributed by atoms with Crippen LogP contribution < -0.4 is 59.2 Å². The first-order valence-corrected chi connectivity index (χ1v) is 1.00. The molecule has 0 aromatic rings. The molecule has 6 N–H and O–H groups in total. The van der Waals surface area contributed by atoms with E-state index < -0.39 is 6.29 Å². The van der Waals surface area contributed by atoms with Crippen LogP contribution in [0, 0.1) is 0 Å². The number of hydrogen-bond donors (Lipinski definition) is 3. The fourth-order valence-corrected chi connectivity index (χ4v) is 0. The molecule has 0 atom stereocenters. The summed E-state index contributed by atoms with van der Waals surface area (Å²) in [6.07, 6.45) is -0.667. The smallest absolute Gasteiger partial charge is 1.00 e. The van der Waals surface area contributed by atoms with Crippen LogP contribution in [0.25, 0.3) is 0 Å². The summed E-state index contributed by atoms with van der Waals surface area (Å²) in [5.41, 5.74) is 14.0. The van der Waals surface area contributed by atoms with E-state index in [1.807, 2.05) is 0 Å². The molecule has 0 heterocycles. The van der Waals surface area contributed by atoms with Crippen LogP contribution in [-0.2, 0) is 0 Å². The molecule has 0 aliphatic rings. The van der Waals surface area contributed by atoms with Gasteiger partial charge in [-0.25, -0.2) is 0 Å². The van der Waals surface area contributed by atoms with Crippen molar-refractivity contribution in [3.8, 4) is 0 Å². The molecule has 0 unspecified atom stereocenters. The minimum atomic E-state index is -0.667. The molecule has 0 aliphatic carbocycles. The fourth-order valence-electron chi connectivity index (χ4n) is 0. The molecule has 3 nitrogen and oxygen atoms in total. The number of rotatable bonds is 0. The van der Waals surface area contributed by atoms with Gasteiger partial charge in [0.25, 0.3) is 0 Å². The summed E-state index contributed by atoms with van der Waals surface area (Å²) < 4.78 is 0. The second-order valence-corrected chi connectivity index (χ2v) is 0.577. The van der Waals surface area contributed by atoms with Crippen LogP contribution in [0.15, 0.2) is 0 Å². The molecule has 0 bridgehead atoms. The SMILES string of the molecule is Cl.NC(N)N.[Cl-].[Na+]. The Morgan fingerprint density at radius 1 is 1.00 bits per heavy atom. The molecule has 6 heteroatoms. The zero-order valence-electron chi connectivity index (χ0n) is 4.10. The van der Waals surface area contributed by atoms with Crippen LogP contribution in [0.4, 0.5) is 0 Å². The molecule has 42 valence electrons. The van der Waals surface area contributed by atoms with Gasteiger partial charge >= 0.3 is 29.6 Å². The second-order valence-electron chi connectivity index (χ2n) is 0.577. The standard InChI is InChI=1S/CH7N3.2ClH.Na/c2-1(3)4;;;/h1H,2-4H2;2*1H;/q;;;+1/p-1. The first-order chi connectivity index (χ1) is 1.73. The van der Waals surface area contributed by atoms with Crippen molar-refractivity contribution in [2.45, 2.75) is 6.29 Å². The molecule has 0 saturated carbocycles. The average Bonchev–Trinajstić information content (AvgIpc) is 0.811. The van der Waals surface area contributed by atoms with Gasteiger partial charge in [-0.2, -0.15) is 0 Å². The largest absolute Gasteiger partial charge is 1.00 e. The Balaban J connectivity index is -0.0000000150. The zero-order valence-corrected chi connectivity index (χ0v) is 7.67. The normalized spacial score (nSPS) is 5.14. The summed E-state index contributed by atoms with van der Waals surface area (Å²) in [6, 6.07) is 0. The van der Waals surface area contributed by atoms with E-state index in [1.54, 1.807) is 0 Å². The van der Waals surface area contributed by atoms with E-state index in [2.05, 4.69) is 17.2 Å². The van der Waals surface area contributed by atoms with Gasteiger partial charge < -0.3 is 29.6 Å².